The minimum Gasteiger partial charge on any atom is -0.450 e. The number of benzene rings is 1. The summed E-state index contributed by atoms with van der Waals surface area (Å²) in [6.07, 6.45) is 1.31. The zero-order valence-electron chi connectivity index (χ0n) is 14.7. The quantitative estimate of drug-likeness (QED) is 0.385. The van der Waals surface area contributed by atoms with Gasteiger partial charge < -0.3 is 20.7 Å². The molecule has 1 amide bonds. The molecule has 0 atom stereocenters. The highest BCUT2D eigenvalue weighted by atomic mass is 127. The molecule has 3 N–H and O–H groups in total. The SMILES string of the molecule is CCOC(=O)N1CCC(NC(N)=NCCc2c(F)cccc2F)CC1.I. The fourth-order valence-corrected chi connectivity index (χ4v) is 2.74. The molecule has 146 valence electrons. The van der Waals surface area contributed by atoms with E-state index in [2.05, 4.69) is 10.3 Å². The molecule has 1 saturated heterocycles. The highest BCUT2D eigenvalue weighted by Gasteiger charge is 2.23. The van der Waals surface area contributed by atoms with Crippen molar-refractivity contribution in [1.29, 1.82) is 0 Å². The summed E-state index contributed by atoms with van der Waals surface area (Å²) in [5.74, 6) is -0.910. The van der Waals surface area contributed by atoms with E-state index in [0.717, 1.165) is 12.8 Å². The van der Waals surface area contributed by atoms with Crippen molar-refractivity contribution in [3.63, 3.8) is 0 Å². The normalized spacial score (nSPS) is 15.3. The van der Waals surface area contributed by atoms with E-state index in [4.69, 9.17) is 10.5 Å². The van der Waals surface area contributed by atoms with Gasteiger partial charge >= 0.3 is 6.09 Å². The first kappa shape index (κ1) is 22.4. The van der Waals surface area contributed by atoms with Crippen LogP contribution >= 0.6 is 24.0 Å². The van der Waals surface area contributed by atoms with Crippen molar-refractivity contribution in [3.05, 3.63) is 35.4 Å². The van der Waals surface area contributed by atoms with Crippen LogP contribution in [0.3, 0.4) is 0 Å². The molecule has 2 rings (SSSR count). The lowest BCUT2D eigenvalue weighted by molar-refractivity contribution is 0.0963. The molecule has 0 bridgehead atoms. The monoisotopic (exact) mass is 482 g/mol. The van der Waals surface area contributed by atoms with Crippen LogP contribution in [0.5, 0.6) is 0 Å². The second-order valence-corrected chi connectivity index (χ2v) is 5.82. The molecule has 1 fully saturated rings. The van der Waals surface area contributed by atoms with Gasteiger partial charge in [-0.1, -0.05) is 6.07 Å². The molecule has 9 heteroatoms. The molecule has 0 aliphatic carbocycles. The van der Waals surface area contributed by atoms with Gasteiger partial charge in [0, 0.05) is 31.2 Å². The fourth-order valence-electron chi connectivity index (χ4n) is 2.74. The maximum Gasteiger partial charge on any atom is 0.409 e. The van der Waals surface area contributed by atoms with E-state index < -0.39 is 11.6 Å². The number of ether oxygens (including phenoxy) is 1. The van der Waals surface area contributed by atoms with Crippen LogP contribution in [0.25, 0.3) is 0 Å². The number of likely N-dealkylation sites (tertiary alicyclic amines) is 1. The minimum atomic E-state index is -0.576. The number of guanidine groups is 1. The lowest BCUT2D eigenvalue weighted by atomic mass is 10.1. The lowest BCUT2D eigenvalue weighted by Crippen LogP contribution is -2.48. The number of carbonyl (C=O) groups is 1. The molecule has 0 spiro atoms. The first-order chi connectivity index (χ1) is 12.0. The first-order valence-electron chi connectivity index (χ1n) is 8.42. The lowest BCUT2D eigenvalue weighted by Gasteiger charge is -2.31. The topological polar surface area (TPSA) is 80.0 Å². The van der Waals surface area contributed by atoms with Gasteiger partial charge in [0.2, 0.25) is 0 Å². The average Bonchev–Trinajstić information content (AvgIpc) is 2.58. The molecule has 26 heavy (non-hydrogen) atoms. The second kappa shape index (κ2) is 11.1. The Bertz CT molecular complexity index is 603. The summed E-state index contributed by atoms with van der Waals surface area (Å²) in [6, 6.07) is 3.89. The standard InChI is InChI=1S/C17H24F2N4O2.HI/c1-2-25-17(24)23-10-7-12(8-11-23)22-16(20)21-9-6-13-14(18)4-3-5-15(13)19;/h3-5,12H,2,6-11H2,1H3,(H3,20,21,22);1H. The zero-order valence-corrected chi connectivity index (χ0v) is 17.0. The summed E-state index contributed by atoms with van der Waals surface area (Å²) in [4.78, 5) is 17.4. The molecule has 1 aromatic carbocycles. The van der Waals surface area contributed by atoms with Crippen molar-refractivity contribution in [3.8, 4) is 0 Å². The van der Waals surface area contributed by atoms with E-state index in [-0.39, 0.29) is 60.6 Å². The van der Waals surface area contributed by atoms with Crippen LogP contribution in [0, 0.1) is 11.6 Å². The van der Waals surface area contributed by atoms with E-state index in [9.17, 15) is 13.6 Å². The number of hydrogen-bond donors (Lipinski definition) is 2. The molecule has 0 radical (unpaired) electrons. The Hall–Kier alpha value is -1.65. The third kappa shape index (κ3) is 6.58. The van der Waals surface area contributed by atoms with Gasteiger partial charge in [0.05, 0.1) is 6.61 Å². The van der Waals surface area contributed by atoms with Crippen molar-refractivity contribution in [2.24, 2.45) is 10.7 Å². The van der Waals surface area contributed by atoms with E-state index >= 15 is 0 Å². The van der Waals surface area contributed by atoms with Gasteiger partial charge in [-0.3, -0.25) is 4.99 Å². The second-order valence-electron chi connectivity index (χ2n) is 5.82. The molecule has 1 aromatic rings. The number of nitrogens with one attached hydrogen (secondary N) is 1. The third-order valence-electron chi connectivity index (χ3n) is 4.08. The van der Waals surface area contributed by atoms with Gasteiger partial charge in [0.25, 0.3) is 0 Å². The number of halogens is 3. The summed E-state index contributed by atoms with van der Waals surface area (Å²) in [5, 5.41) is 3.09. The summed E-state index contributed by atoms with van der Waals surface area (Å²) in [6.45, 7) is 3.50. The van der Waals surface area contributed by atoms with Crippen LogP contribution in [0.1, 0.15) is 25.3 Å². The Balaban J connectivity index is 0.00000338. The van der Waals surface area contributed by atoms with Crippen LogP contribution in [0.15, 0.2) is 23.2 Å². The molecule has 0 saturated carbocycles. The van der Waals surface area contributed by atoms with Gasteiger partial charge in [0.1, 0.15) is 11.6 Å². The molecule has 0 unspecified atom stereocenters. The van der Waals surface area contributed by atoms with Gasteiger partial charge in [-0.15, -0.1) is 24.0 Å². The van der Waals surface area contributed by atoms with Crippen molar-refractivity contribution in [1.82, 2.24) is 10.2 Å². The highest BCUT2D eigenvalue weighted by Crippen LogP contribution is 2.13. The van der Waals surface area contributed by atoms with Gasteiger partial charge in [-0.2, -0.15) is 0 Å². The van der Waals surface area contributed by atoms with Crippen molar-refractivity contribution >= 4 is 36.0 Å². The minimum absolute atomic E-state index is 0. The number of carbonyl (C=O) groups excluding carboxylic acids is 1. The van der Waals surface area contributed by atoms with E-state index in [1.807, 2.05) is 0 Å². The third-order valence-corrected chi connectivity index (χ3v) is 4.08. The number of rotatable bonds is 5. The Morgan fingerprint density at radius 3 is 2.54 bits per heavy atom. The van der Waals surface area contributed by atoms with Crippen LogP contribution < -0.4 is 11.1 Å². The maximum atomic E-state index is 13.5. The first-order valence-corrected chi connectivity index (χ1v) is 8.42. The van der Waals surface area contributed by atoms with Crippen molar-refractivity contribution in [2.75, 3.05) is 26.2 Å². The molecule has 1 aliphatic heterocycles. The van der Waals surface area contributed by atoms with Crippen LogP contribution in [0.2, 0.25) is 0 Å². The predicted molar refractivity (Wildman–Crippen MR) is 107 cm³/mol. The summed E-state index contributed by atoms with van der Waals surface area (Å²) in [7, 11) is 0. The van der Waals surface area contributed by atoms with Crippen LogP contribution in [0.4, 0.5) is 13.6 Å². The van der Waals surface area contributed by atoms with Crippen molar-refractivity contribution < 1.29 is 18.3 Å². The number of nitrogens with two attached hydrogens (primary N) is 1. The Morgan fingerprint density at radius 2 is 1.96 bits per heavy atom. The summed E-state index contributed by atoms with van der Waals surface area (Å²) >= 11 is 0. The molecular weight excluding hydrogens is 457 g/mol. The van der Waals surface area contributed by atoms with E-state index in [1.54, 1.807) is 11.8 Å². The largest absolute Gasteiger partial charge is 0.450 e. The zero-order chi connectivity index (χ0) is 18.2. The average molecular weight is 482 g/mol. The maximum absolute atomic E-state index is 13.5. The number of piperidine rings is 1. The summed E-state index contributed by atoms with van der Waals surface area (Å²) < 4.78 is 32.0. The Morgan fingerprint density at radius 1 is 1.35 bits per heavy atom. The molecule has 0 aromatic heterocycles. The molecular formula is C17H25F2IN4O2. The van der Waals surface area contributed by atoms with Gasteiger partial charge in [-0.25, -0.2) is 13.6 Å². The smallest absolute Gasteiger partial charge is 0.409 e. The number of amides is 1. The van der Waals surface area contributed by atoms with E-state index in [1.165, 1.54) is 18.2 Å². The molecule has 1 heterocycles. The Kier molecular flexibility index (Phi) is 9.60. The highest BCUT2D eigenvalue weighted by molar-refractivity contribution is 14.0. The summed E-state index contributed by atoms with van der Waals surface area (Å²) in [5.41, 5.74) is 5.85. The molecule has 1 aliphatic rings. The van der Waals surface area contributed by atoms with Crippen LogP contribution in [-0.2, 0) is 11.2 Å². The number of hydrogen-bond acceptors (Lipinski definition) is 3. The Labute approximate surface area is 169 Å². The fraction of sp³-hybridized carbons (Fsp3) is 0.529. The van der Waals surface area contributed by atoms with E-state index in [0.29, 0.717) is 19.7 Å². The number of nitrogens with zero attached hydrogens (tertiary/aromatic N) is 2. The predicted octanol–water partition coefficient (Wildman–Crippen LogP) is 2.65. The van der Waals surface area contributed by atoms with Gasteiger partial charge in [0.15, 0.2) is 5.96 Å². The molecule has 6 nitrogen and oxygen atoms in total. The van der Waals surface area contributed by atoms with Crippen LogP contribution in [-0.4, -0.2) is 49.2 Å². The number of aliphatic imine (C=N–C) groups is 1. The van der Waals surface area contributed by atoms with Gasteiger partial charge in [-0.05, 0) is 38.3 Å². The van der Waals surface area contributed by atoms with Crippen molar-refractivity contribution in [2.45, 2.75) is 32.2 Å².